The molecule has 2 amide bonds. The highest BCUT2D eigenvalue weighted by Crippen LogP contribution is 2.18. The number of carbonyl (C=O) groups excluding carboxylic acids is 2. The topological polar surface area (TPSA) is 64.7 Å². The highest BCUT2D eigenvalue weighted by molar-refractivity contribution is 6.10. The first-order valence-electron chi connectivity index (χ1n) is 11.5. The van der Waals surface area contributed by atoms with E-state index >= 15 is 0 Å². The number of nitrogens with zero attached hydrogens (tertiary/aromatic N) is 2. The number of nitrogens with one attached hydrogen (secondary N) is 2. The molecule has 1 aliphatic rings. The second-order valence-electron chi connectivity index (χ2n) is 8.45. The molecule has 1 heterocycles. The number of hydrogen-bond acceptors (Lipinski definition) is 4. The maximum atomic E-state index is 13.1. The summed E-state index contributed by atoms with van der Waals surface area (Å²) in [6.45, 7) is 4.75. The van der Waals surface area contributed by atoms with Crippen molar-refractivity contribution in [2.75, 3.05) is 43.4 Å². The third-order valence-electron chi connectivity index (χ3n) is 5.85. The highest BCUT2D eigenvalue weighted by atomic mass is 19.1. The van der Waals surface area contributed by atoms with Crippen LogP contribution in [0.3, 0.4) is 0 Å². The standard InChI is InChI=1S/C27H29FN4O2/c28-22-11-13-23(14-12-22)29-27(34)24-9-4-5-10-25(24)30-26(33)20-32-16-6-15-31(17-18-32)19-21-7-2-1-3-8-21/h1-5,7-14H,6,15-20H2,(H,29,34)(H,30,33). The summed E-state index contributed by atoms with van der Waals surface area (Å²) in [5, 5.41) is 5.63. The van der Waals surface area contributed by atoms with E-state index in [2.05, 4.69) is 44.7 Å². The number of anilines is 2. The van der Waals surface area contributed by atoms with E-state index < -0.39 is 0 Å². The molecule has 6 nitrogen and oxygen atoms in total. The fourth-order valence-electron chi connectivity index (χ4n) is 4.10. The van der Waals surface area contributed by atoms with Gasteiger partial charge in [-0.05, 0) is 61.5 Å². The van der Waals surface area contributed by atoms with E-state index in [4.69, 9.17) is 0 Å². The van der Waals surface area contributed by atoms with Crippen LogP contribution in [0.4, 0.5) is 15.8 Å². The van der Waals surface area contributed by atoms with Gasteiger partial charge in [0.15, 0.2) is 0 Å². The smallest absolute Gasteiger partial charge is 0.257 e. The Bertz CT molecular complexity index is 1110. The van der Waals surface area contributed by atoms with E-state index in [1.165, 1.54) is 29.8 Å². The molecule has 34 heavy (non-hydrogen) atoms. The van der Waals surface area contributed by atoms with Gasteiger partial charge in [-0.15, -0.1) is 0 Å². The third-order valence-corrected chi connectivity index (χ3v) is 5.85. The Morgan fingerprint density at radius 2 is 1.44 bits per heavy atom. The molecular weight excluding hydrogens is 431 g/mol. The van der Waals surface area contributed by atoms with Gasteiger partial charge in [0.05, 0.1) is 17.8 Å². The summed E-state index contributed by atoms with van der Waals surface area (Å²) in [6.07, 6.45) is 0.997. The molecule has 2 N–H and O–H groups in total. The van der Waals surface area contributed by atoms with Crippen LogP contribution in [0.5, 0.6) is 0 Å². The van der Waals surface area contributed by atoms with Crippen molar-refractivity contribution < 1.29 is 14.0 Å². The monoisotopic (exact) mass is 460 g/mol. The molecule has 1 saturated heterocycles. The second kappa shape index (κ2) is 11.5. The number of para-hydroxylation sites is 1. The van der Waals surface area contributed by atoms with Gasteiger partial charge in [0.1, 0.15) is 5.82 Å². The summed E-state index contributed by atoms with van der Waals surface area (Å²) in [5.41, 5.74) is 2.58. The molecule has 0 atom stereocenters. The van der Waals surface area contributed by atoms with Crippen LogP contribution >= 0.6 is 0 Å². The quantitative estimate of drug-likeness (QED) is 0.554. The lowest BCUT2D eigenvalue weighted by molar-refractivity contribution is -0.117. The summed E-state index contributed by atoms with van der Waals surface area (Å²) in [5.74, 6) is -0.894. The number of carbonyl (C=O) groups is 2. The van der Waals surface area contributed by atoms with Gasteiger partial charge in [-0.1, -0.05) is 42.5 Å². The minimum Gasteiger partial charge on any atom is -0.324 e. The molecule has 0 saturated carbocycles. The van der Waals surface area contributed by atoms with Crippen LogP contribution in [0.15, 0.2) is 78.9 Å². The second-order valence-corrected chi connectivity index (χ2v) is 8.45. The number of hydrogen-bond donors (Lipinski definition) is 2. The molecule has 0 spiro atoms. The maximum Gasteiger partial charge on any atom is 0.257 e. The normalized spacial score (nSPS) is 14.9. The van der Waals surface area contributed by atoms with Gasteiger partial charge in [0, 0.05) is 25.3 Å². The predicted octanol–water partition coefficient (Wildman–Crippen LogP) is 4.22. The Morgan fingerprint density at radius 1 is 0.765 bits per heavy atom. The van der Waals surface area contributed by atoms with Crippen molar-refractivity contribution in [3.05, 3.63) is 95.8 Å². The SMILES string of the molecule is O=C(CN1CCCN(Cc2ccccc2)CC1)Nc1ccccc1C(=O)Nc1ccc(F)cc1. The van der Waals surface area contributed by atoms with Gasteiger partial charge in [-0.3, -0.25) is 19.4 Å². The molecule has 1 fully saturated rings. The minimum atomic E-state index is -0.373. The lowest BCUT2D eigenvalue weighted by Crippen LogP contribution is -2.36. The molecule has 4 rings (SSSR count). The fourth-order valence-corrected chi connectivity index (χ4v) is 4.10. The predicted molar refractivity (Wildman–Crippen MR) is 132 cm³/mol. The van der Waals surface area contributed by atoms with Crippen molar-refractivity contribution in [1.29, 1.82) is 0 Å². The Hall–Kier alpha value is -3.55. The third kappa shape index (κ3) is 6.73. The van der Waals surface area contributed by atoms with E-state index in [1.54, 1.807) is 24.3 Å². The van der Waals surface area contributed by atoms with E-state index in [9.17, 15) is 14.0 Å². The summed E-state index contributed by atoms with van der Waals surface area (Å²) in [7, 11) is 0. The van der Waals surface area contributed by atoms with Gasteiger partial charge in [0.2, 0.25) is 5.91 Å². The Morgan fingerprint density at radius 3 is 2.24 bits per heavy atom. The van der Waals surface area contributed by atoms with Crippen LogP contribution in [0.25, 0.3) is 0 Å². The van der Waals surface area contributed by atoms with Crippen molar-refractivity contribution in [3.63, 3.8) is 0 Å². The molecular formula is C27H29FN4O2. The van der Waals surface area contributed by atoms with Crippen LogP contribution < -0.4 is 10.6 Å². The van der Waals surface area contributed by atoms with E-state index in [0.29, 0.717) is 16.9 Å². The van der Waals surface area contributed by atoms with Gasteiger partial charge in [-0.25, -0.2) is 4.39 Å². The fraction of sp³-hybridized carbons (Fsp3) is 0.259. The molecule has 0 aliphatic carbocycles. The van der Waals surface area contributed by atoms with Crippen LogP contribution in [-0.2, 0) is 11.3 Å². The lowest BCUT2D eigenvalue weighted by atomic mass is 10.1. The zero-order chi connectivity index (χ0) is 23.8. The number of halogens is 1. The van der Waals surface area contributed by atoms with Crippen LogP contribution in [0.1, 0.15) is 22.3 Å². The highest BCUT2D eigenvalue weighted by Gasteiger charge is 2.19. The average Bonchev–Trinajstić information content (AvgIpc) is 3.06. The zero-order valence-corrected chi connectivity index (χ0v) is 19.0. The number of benzene rings is 3. The molecule has 176 valence electrons. The van der Waals surface area contributed by atoms with Gasteiger partial charge >= 0.3 is 0 Å². The van der Waals surface area contributed by atoms with Crippen molar-refractivity contribution in [2.45, 2.75) is 13.0 Å². The lowest BCUT2D eigenvalue weighted by Gasteiger charge is -2.21. The van der Waals surface area contributed by atoms with Gasteiger partial charge < -0.3 is 10.6 Å². The number of rotatable bonds is 7. The van der Waals surface area contributed by atoms with Crippen LogP contribution in [0, 0.1) is 5.82 Å². The van der Waals surface area contributed by atoms with Gasteiger partial charge in [0.25, 0.3) is 5.91 Å². The van der Waals surface area contributed by atoms with Crippen LogP contribution in [0.2, 0.25) is 0 Å². The molecule has 0 radical (unpaired) electrons. The zero-order valence-electron chi connectivity index (χ0n) is 19.0. The molecule has 0 bridgehead atoms. The van der Waals surface area contributed by atoms with E-state index in [1.807, 2.05) is 6.07 Å². The van der Waals surface area contributed by atoms with Gasteiger partial charge in [-0.2, -0.15) is 0 Å². The Labute approximate surface area is 199 Å². The average molecular weight is 461 g/mol. The molecule has 1 aliphatic heterocycles. The molecule has 0 aromatic heterocycles. The van der Waals surface area contributed by atoms with Crippen molar-refractivity contribution in [2.24, 2.45) is 0 Å². The Kier molecular flexibility index (Phi) is 8.01. The number of amides is 2. The summed E-state index contributed by atoms with van der Waals surface area (Å²) in [4.78, 5) is 30.1. The summed E-state index contributed by atoms with van der Waals surface area (Å²) in [6, 6.07) is 22.9. The Balaban J connectivity index is 1.31. The first-order chi connectivity index (χ1) is 16.6. The minimum absolute atomic E-state index is 0.154. The first kappa shape index (κ1) is 23.6. The molecule has 7 heteroatoms. The molecule has 3 aromatic carbocycles. The molecule has 3 aromatic rings. The molecule has 0 unspecified atom stereocenters. The largest absolute Gasteiger partial charge is 0.324 e. The first-order valence-corrected chi connectivity index (χ1v) is 11.5. The summed E-state index contributed by atoms with van der Waals surface area (Å²) >= 11 is 0. The van der Waals surface area contributed by atoms with Crippen LogP contribution in [-0.4, -0.2) is 54.3 Å². The maximum absolute atomic E-state index is 13.1. The van der Waals surface area contributed by atoms with Crippen molar-refractivity contribution in [3.8, 4) is 0 Å². The van der Waals surface area contributed by atoms with Crippen molar-refractivity contribution >= 4 is 23.2 Å². The summed E-state index contributed by atoms with van der Waals surface area (Å²) < 4.78 is 13.1. The van der Waals surface area contributed by atoms with E-state index in [-0.39, 0.29) is 24.2 Å². The van der Waals surface area contributed by atoms with E-state index in [0.717, 1.165) is 39.1 Å². The van der Waals surface area contributed by atoms with Crippen molar-refractivity contribution in [1.82, 2.24) is 9.80 Å².